The van der Waals surface area contributed by atoms with Gasteiger partial charge in [0.1, 0.15) is 0 Å². The summed E-state index contributed by atoms with van der Waals surface area (Å²) >= 11 is 0. The summed E-state index contributed by atoms with van der Waals surface area (Å²) < 4.78 is 4.57. The molecule has 0 spiro atoms. The summed E-state index contributed by atoms with van der Waals surface area (Å²) in [4.78, 5) is 30.8. The first-order valence-corrected chi connectivity index (χ1v) is 10.4. The molecule has 29 heavy (non-hydrogen) atoms. The zero-order valence-electron chi connectivity index (χ0n) is 17.4. The lowest BCUT2D eigenvalue weighted by Gasteiger charge is -2.16. The second-order valence-corrected chi connectivity index (χ2v) is 7.92. The van der Waals surface area contributed by atoms with Crippen molar-refractivity contribution in [2.24, 2.45) is 5.92 Å². The van der Waals surface area contributed by atoms with E-state index < -0.39 is 17.4 Å². The number of rotatable bonds is 9. The summed E-state index contributed by atoms with van der Waals surface area (Å²) in [6.07, 6.45) is 3.35. The molecule has 0 saturated heterocycles. The van der Waals surface area contributed by atoms with Gasteiger partial charge in [-0.2, -0.15) is 0 Å². The van der Waals surface area contributed by atoms with E-state index in [0.29, 0.717) is 35.7 Å². The molecule has 2 aromatic heterocycles. The van der Waals surface area contributed by atoms with E-state index >= 15 is 0 Å². The molecule has 3 aromatic rings. The average molecular weight is 399 g/mol. The Morgan fingerprint density at radius 3 is 2.45 bits per heavy atom. The van der Waals surface area contributed by atoms with Gasteiger partial charge in [-0.1, -0.05) is 57.5 Å². The molecular weight excluding hydrogens is 368 g/mol. The van der Waals surface area contributed by atoms with Gasteiger partial charge in [0.05, 0.1) is 19.0 Å². The fourth-order valence-electron chi connectivity index (χ4n) is 3.44. The predicted octanol–water partition coefficient (Wildman–Crippen LogP) is 2.94. The zero-order chi connectivity index (χ0) is 21.0. The topological polar surface area (TPSA) is 82.0 Å². The van der Waals surface area contributed by atoms with E-state index in [1.54, 1.807) is 23.0 Å². The normalized spacial score (nSPS) is 12.7. The Hall–Kier alpha value is -2.67. The highest BCUT2D eigenvalue weighted by atomic mass is 16.3. The number of aliphatic hydroxyl groups excluding tert-OH is 1. The van der Waals surface area contributed by atoms with Crippen molar-refractivity contribution in [3.8, 4) is 0 Å². The van der Waals surface area contributed by atoms with E-state index in [0.717, 1.165) is 23.8 Å². The zero-order valence-corrected chi connectivity index (χ0v) is 17.4. The van der Waals surface area contributed by atoms with E-state index in [4.69, 9.17) is 0 Å². The Labute approximate surface area is 170 Å². The third-order valence-electron chi connectivity index (χ3n) is 5.21. The van der Waals surface area contributed by atoms with Crippen molar-refractivity contribution in [2.75, 3.05) is 0 Å². The van der Waals surface area contributed by atoms with Gasteiger partial charge >= 0.3 is 5.69 Å². The van der Waals surface area contributed by atoms with Crippen LogP contribution in [0.4, 0.5) is 0 Å². The molecule has 0 aliphatic rings. The van der Waals surface area contributed by atoms with Crippen LogP contribution in [0.2, 0.25) is 0 Å². The summed E-state index contributed by atoms with van der Waals surface area (Å²) in [6.45, 7) is 7.39. The van der Waals surface area contributed by atoms with Gasteiger partial charge in [-0.05, 0) is 24.3 Å². The molecule has 1 N–H and O–H groups in total. The molecule has 0 aliphatic carbocycles. The number of aromatic nitrogens is 4. The number of fused-ring (bicyclic) bond motifs is 1. The Morgan fingerprint density at radius 2 is 1.79 bits per heavy atom. The van der Waals surface area contributed by atoms with E-state index in [-0.39, 0.29) is 6.54 Å². The maximum absolute atomic E-state index is 13.2. The first-order valence-electron chi connectivity index (χ1n) is 10.4. The van der Waals surface area contributed by atoms with Crippen LogP contribution in [0.15, 0.2) is 46.2 Å². The van der Waals surface area contributed by atoms with Crippen molar-refractivity contribution in [3.63, 3.8) is 0 Å². The van der Waals surface area contributed by atoms with Crippen LogP contribution in [0.25, 0.3) is 11.2 Å². The van der Waals surface area contributed by atoms with Gasteiger partial charge in [-0.3, -0.25) is 13.9 Å². The SMILES string of the molecule is CCCCn1c(=O)n(CC(O)c2ccccc2)c(=O)c2c1ncn2CCC(C)C. The van der Waals surface area contributed by atoms with Gasteiger partial charge in [0.25, 0.3) is 5.56 Å². The highest BCUT2D eigenvalue weighted by Crippen LogP contribution is 2.15. The summed E-state index contributed by atoms with van der Waals surface area (Å²) in [5, 5.41) is 10.6. The van der Waals surface area contributed by atoms with Gasteiger partial charge in [0.15, 0.2) is 11.2 Å². The number of aryl methyl sites for hydroxylation is 2. The fourth-order valence-corrected chi connectivity index (χ4v) is 3.44. The van der Waals surface area contributed by atoms with E-state index in [1.807, 2.05) is 22.8 Å². The molecule has 0 amide bonds. The Morgan fingerprint density at radius 1 is 1.07 bits per heavy atom. The fraction of sp³-hybridized carbons (Fsp3) is 0.500. The van der Waals surface area contributed by atoms with Crippen LogP contribution in [0.1, 0.15) is 51.7 Å². The predicted molar refractivity (Wildman–Crippen MR) is 114 cm³/mol. The molecular formula is C22H30N4O3. The molecule has 3 rings (SSSR count). The molecule has 2 heterocycles. The minimum atomic E-state index is -0.939. The largest absolute Gasteiger partial charge is 0.387 e. The Balaban J connectivity index is 2.11. The van der Waals surface area contributed by atoms with Crippen LogP contribution in [-0.4, -0.2) is 23.8 Å². The van der Waals surface area contributed by atoms with E-state index in [1.165, 1.54) is 0 Å². The maximum atomic E-state index is 13.2. The molecule has 7 nitrogen and oxygen atoms in total. The van der Waals surface area contributed by atoms with Crippen LogP contribution < -0.4 is 11.2 Å². The van der Waals surface area contributed by atoms with Crippen molar-refractivity contribution in [3.05, 3.63) is 63.1 Å². The van der Waals surface area contributed by atoms with Crippen LogP contribution in [0.5, 0.6) is 0 Å². The number of hydrogen-bond donors (Lipinski definition) is 1. The van der Waals surface area contributed by atoms with Crippen LogP contribution >= 0.6 is 0 Å². The van der Waals surface area contributed by atoms with Crippen LogP contribution in [-0.2, 0) is 19.6 Å². The molecule has 156 valence electrons. The van der Waals surface area contributed by atoms with Gasteiger partial charge in [-0.15, -0.1) is 0 Å². The highest BCUT2D eigenvalue weighted by molar-refractivity contribution is 5.70. The molecule has 1 aromatic carbocycles. The third kappa shape index (κ3) is 4.50. The second kappa shape index (κ2) is 9.22. The summed E-state index contributed by atoms with van der Waals surface area (Å²) in [6, 6.07) is 9.09. The minimum Gasteiger partial charge on any atom is -0.387 e. The van der Waals surface area contributed by atoms with Gasteiger partial charge in [0.2, 0.25) is 0 Å². The second-order valence-electron chi connectivity index (χ2n) is 7.92. The summed E-state index contributed by atoms with van der Waals surface area (Å²) in [5.41, 5.74) is 0.727. The summed E-state index contributed by atoms with van der Waals surface area (Å²) in [5.74, 6) is 0.487. The Bertz CT molecular complexity index is 1060. The monoisotopic (exact) mass is 398 g/mol. The van der Waals surface area contributed by atoms with Crippen molar-refractivity contribution >= 4 is 11.2 Å². The molecule has 7 heteroatoms. The summed E-state index contributed by atoms with van der Waals surface area (Å²) in [7, 11) is 0. The van der Waals surface area contributed by atoms with Crippen molar-refractivity contribution in [1.29, 1.82) is 0 Å². The third-order valence-corrected chi connectivity index (χ3v) is 5.21. The molecule has 0 aliphatic heterocycles. The lowest BCUT2D eigenvalue weighted by Crippen LogP contribution is -2.42. The van der Waals surface area contributed by atoms with Crippen molar-refractivity contribution in [2.45, 2.75) is 65.8 Å². The number of hydrogen-bond acceptors (Lipinski definition) is 4. The molecule has 0 bridgehead atoms. The number of benzene rings is 1. The molecule has 0 fully saturated rings. The lowest BCUT2D eigenvalue weighted by atomic mass is 10.1. The van der Waals surface area contributed by atoms with E-state index in [2.05, 4.69) is 25.8 Å². The Kier molecular flexibility index (Phi) is 6.69. The number of imidazole rings is 1. The minimum absolute atomic E-state index is 0.0842. The van der Waals surface area contributed by atoms with Gasteiger partial charge in [0, 0.05) is 13.1 Å². The van der Waals surface area contributed by atoms with Crippen LogP contribution in [0.3, 0.4) is 0 Å². The van der Waals surface area contributed by atoms with Crippen LogP contribution in [0, 0.1) is 5.92 Å². The molecule has 0 radical (unpaired) electrons. The van der Waals surface area contributed by atoms with Crippen molar-refractivity contribution in [1.82, 2.24) is 18.7 Å². The first kappa shape index (κ1) is 21.0. The smallest absolute Gasteiger partial charge is 0.332 e. The molecule has 0 saturated carbocycles. The maximum Gasteiger partial charge on any atom is 0.332 e. The standard InChI is InChI=1S/C22H30N4O3/c1-4-5-12-25-20-19(24(15-23-20)13-11-16(2)3)21(28)26(22(25)29)14-18(27)17-9-7-6-8-10-17/h6-10,15-16,18,27H,4-5,11-14H2,1-3H3. The number of unbranched alkanes of at least 4 members (excludes halogenated alkanes) is 1. The van der Waals surface area contributed by atoms with E-state index in [9.17, 15) is 14.7 Å². The van der Waals surface area contributed by atoms with Gasteiger partial charge < -0.3 is 9.67 Å². The lowest BCUT2D eigenvalue weighted by molar-refractivity contribution is 0.152. The van der Waals surface area contributed by atoms with Gasteiger partial charge in [-0.25, -0.2) is 9.78 Å². The first-order chi connectivity index (χ1) is 13.9. The highest BCUT2D eigenvalue weighted by Gasteiger charge is 2.20. The quantitative estimate of drug-likeness (QED) is 0.601. The average Bonchev–Trinajstić information content (AvgIpc) is 3.14. The molecule has 1 atom stereocenters. The van der Waals surface area contributed by atoms with Crippen molar-refractivity contribution < 1.29 is 5.11 Å². The number of nitrogens with zero attached hydrogens (tertiary/aromatic N) is 4. The molecule has 1 unspecified atom stereocenters. The number of aliphatic hydroxyl groups is 1.